The third-order valence-corrected chi connectivity index (χ3v) is 5.55. The molecule has 0 aliphatic rings. The molecule has 0 spiro atoms. The third-order valence-electron chi connectivity index (χ3n) is 3.47. The van der Waals surface area contributed by atoms with E-state index in [1.807, 2.05) is 0 Å². The van der Waals surface area contributed by atoms with Crippen molar-refractivity contribution in [1.29, 1.82) is 5.26 Å². The molecule has 2 rings (SSSR count). The first-order valence-electron chi connectivity index (χ1n) is 6.88. The van der Waals surface area contributed by atoms with Crippen molar-refractivity contribution in [2.75, 3.05) is 7.05 Å². The molecule has 0 fully saturated rings. The molecule has 25 heavy (non-hydrogen) atoms. The van der Waals surface area contributed by atoms with Crippen molar-refractivity contribution in [2.45, 2.75) is 17.6 Å². The summed E-state index contributed by atoms with van der Waals surface area (Å²) in [4.78, 5) is -0.352. The molecule has 0 N–H and O–H groups in total. The van der Waals surface area contributed by atoms with Crippen LogP contribution < -0.4 is 0 Å². The second-order valence-corrected chi connectivity index (χ2v) is 7.62. The molecule has 132 valence electrons. The van der Waals surface area contributed by atoms with Gasteiger partial charge in [-0.1, -0.05) is 29.8 Å². The minimum absolute atomic E-state index is 0.0988. The maximum atomic E-state index is 13.1. The Morgan fingerprint density at radius 3 is 2.44 bits per heavy atom. The Hall–Kier alpha value is -2.08. The summed E-state index contributed by atoms with van der Waals surface area (Å²) in [5, 5.41) is 9.17. The second-order valence-electron chi connectivity index (χ2n) is 5.17. The van der Waals surface area contributed by atoms with Crippen LogP contribution in [0.1, 0.15) is 16.7 Å². The molecular weight excluding hydrogens is 377 g/mol. The van der Waals surface area contributed by atoms with Gasteiger partial charge in [-0.3, -0.25) is 0 Å². The molecule has 0 aliphatic carbocycles. The first kappa shape index (κ1) is 19.2. The number of rotatable bonds is 4. The van der Waals surface area contributed by atoms with E-state index in [1.54, 1.807) is 6.07 Å². The van der Waals surface area contributed by atoms with Crippen LogP contribution in [0.25, 0.3) is 0 Å². The van der Waals surface area contributed by atoms with E-state index in [2.05, 4.69) is 0 Å². The summed E-state index contributed by atoms with van der Waals surface area (Å²) in [7, 11) is -3.06. The summed E-state index contributed by atoms with van der Waals surface area (Å²) in [6.07, 6.45) is -4.60. The average molecular weight is 389 g/mol. The lowest BCUT2D eigenvalue weighted by atomic mass is 10.1. The van der Waals surface area contributed by atoms with Crippen molar-refractivity contribution in [3.8, 4) is 6.07 Å². The van der Waals surface area contributed by atoms with Gasteiger partial charge < -0.3 is 0 Å². The van der Waals surface area contributed by atoms with E-state index in [4.69, 9.17) is 16.9 Å². The van der Waals surface area contributed by atoms with Gasteiger partial charge in [-0.2, -0.15) is 22.7 Å². The highest BCUT2D eigenvalue weighted by molar-refractivity contribution is 7.89. The van der Waals surface area contributed by atoms with Crippen molar-refractivity contribution in [1.82, 2.24) is 4.31 Å². The number of hydrogen-bond donors (Lipinski definition) is 0. The van der Waals surface area contributed by atoms with Gasteiger partial charge in [0.1, 0.15) is 11.0 Å². The fourth-order valence-electron chi connectivity index (χ4n) is 2.23. The van der Waals surface area contributed by atoms with E-state index < -0.39 is 28.3 Å². The summed E-state index contributed by atoms with van der Waals surface area (Å²) < 4.78 is 65.3. The van der Waals surface area contributed by atoms with Crippen LogP contribution in [0.5, 0.6) is 0 Å². The standard InChI is InChI=1S/C16H12ClF3N2O2S/c1-22(10-12-4-2-3-5-14(12)16(18,19)20)25(23,24)15-8-13(17)7-6-11(15)9-21/h2-8H,10H2,1H3. The van der Waals surface area contributed by atoms with Gasteiger partial charge in [-0.05, 0) is 29.8 Å². The molecule has 0 bridgehead atoms. The zero-order valence-corrected chi connectivity index (χ0v) is 14.5. The van der Waals surface area contributed by atoms with Crippen LogP contribution in [-0.4, -0.2) is 19.8 Å². The van der Waals surface area contributed by atoms with Crippen molar-refractivity contribution >= 4 is 21.6 Å². The summed E-state index contributed by atoms with van der Waals surface area (Å²) in [6, 6.07) is 10.2. The highest BCUT2D eigenvalue weighted by Crippen LogP contribution is 2.33. The van der Waals surface area contributed by atoms with Crippen molar-refractivity contribution < 1.29 is 21.6 Å². The number of nitriles is 1. The number of nitrogens with zero attached hydrogens (tertiary/aromatic N) is 2. The Morgan fingerprint density at radius 1 is 1.20 bits per heavy atom. The molecule has 0 amide bonds. The number of sulfonamides is 1. The zero-order chi connectivity index (χ0) is 18.8. The molecule has 2 aromatic carbocycles. The summed E-state index contributed by atoms with van der Waals surface area (Å²) in [6.45, 7) is -0.505. The maximum Gasteiger partial charge on any atom is 0.416 e. The summed E-state index contributed by atoms with van der Waals surface area (Å²) in [5.74, 6) is 0. The topological polar surface area (TPSA) is 61.2 Å². The van der Waals surface area contributed by atoms with E-state index >= 15 is 0 Å². The normalized spacial score (nSPS) is 12.2. The molecule has 0 aliphatic heterocycles. The molecule has 9 heteroatoms. The molecule has 0 saturated carbocycles. The van der Waals surface area contributed by atoms with Gasteiger partial charge in [0.15, 0.2) is 0 Å². The lowest BCUT2D eigenvalue weighted by Gasteiger charge is -2.20. The predicted octanol–water partition coefficient (Wildman–Crippen LogP) is 4.05. The number of alkyl halides is 3. The predicted molar refractivity (Wildman–Crippen MR) is 86.3 cm³/mol. The van der Waals surface area contributed by atoms with E-state index in [0.717, 1.165) is 23.5 Å². The largest absolute Gasteiger partial charge is 0.416 e. The quantitative estimate of drug-likeness (QED) is 0.793. The molecule has 0 heterocycles. The van der Waals surface area contributed by atoms with Gasteiger partial charge in [0.2, 0.25) is 10.0 Å². The SMILES string of the molecule is CN(Cc1ccccc1C(F)(F)F)S(=O)(=O)c1cc(Cl)ccc1C#N. The van der Waals surface area contributed by atoms with Crippen LogP contribution in [0.4, 0.5) is 13.2 Å². The maximum absolute atomic E-state index is 13.1. The van der Waals surface area contributed by atoms with Crippen LogP contribution in [0, 0.1) is 11.3 Å². The summed E-state index contributed by atoms with van der Waals surface area (Å²) in [5.41, 5.74) is -1.24. The average Bonchev–Trinajstić information content (AvgIpc) is 2.54. The molecule has 0 atom stereocenters. The molecule has 0 radical (unpaired) electrons. The number of benzene rings is 2. The number of halogens is 4. The first-order valence-corrected chi connectivity index (χ1v) is 8.70. The van der Waals surface area contributed by atoms with Crippen molar-refractivity contribution in [2.24, 2.45) is 0 Å². The molecule has 4 nitrogen and oxygen atoms in total. The van der Waals surface area contributed by atoms with Gasteiger partial charge >= 0.3 is 6.18 Å². The molecule has 0 aromatic heterocycles. The van der Waals surface area contributed by atoms with Crippen molar-refractivity contribution in [3.05, 3.63) is 64.2 Å². The van der Waals surface area contributed by atoms with Gasteiger partial charge in [0, 0.05) is 18.6 Å². The van der Waals surface area contributed by atoms with Crippen LogP contribution in [0.2, 0.25) is 5.02 Å². The molecular formula is C16H12ClF3N2O2S. The fraction of sp³-hybridized carbons (Fsp3) is 0.188. The first-order chi connectivity index (χ1) is 11.6. The van der Waals surface area contributed by atoms with E-state index in [9.17, 15) is 21.6 Å². The third kappa shape index (κ3) is 4.12. The Labute approximate surface area is 148 Å². The van der Waals surface area contributed by atoms with Crippen LogP contribution in [0.15, 0.2) is 47.4 Å². The van der Waals surface area contributed by atoms with Gasteiger partial charge in [-0.25, -0.2) is 8.42 Å². The Bertz CT molecular complexity index is 937. The van der Waals surface area contributed by atoms with Gasteiger partial charge in [0.05, 0.1) is 11.1 Å². The monoisotopic (exact) mass is 388 g/mol. The Balaban J connectivity index is 2.44. The minimum atomic E-state index is -4.60. The van der Waals surface area contributed by atoms with Crippen LogP contribution >= 0.6 is 11.6 Å². The molecule has 2 aromatic rings. The highest BCUT2D eigenvalue weighted by atomic mass is 35.5. The smallest absolute Gasteiger partial charge is 0.207 e. The molecule has 0 unspecified atom stereocenters. The highest BCUT2D eigenvalue weighted by Gasteiger charge is 2.34. The Kier molecular flexibility index (Phi) is 5.42. The lowest BCUT2D eigenvalue weighted by Crippen LogP contribution is -2.28. The minimum Gasteiger partial charge on any atom is -0.207 e. The van der Waals surface area contributed by atoms with E-state index in [-0.39, 0.29) is 21.0 Å². The van der Waals surface area contributed by atoms with Crippen LogP contribution in [-0.2, 0) is 22.7 Å². The Morgan fingerprint density at radius 2 is 1.84 bits per heavy atom. The van der Waals surface area contributed by atoms with Crippen molar-refractivity contribution in [3.63, 3.8) is 0 Å². The molecule has 0 saturated heterocycles. The van der Waals surface area contributed by atoms with Gasteiger partial charge in [-0.15, -0.1) is 0 Å². The fourth-order valence-corrected chi connectivity index (χ4v) is 3.78. The van der Waals surface area contributed by atoms with E-state index in [1.165, 1.54) is 30.3 Å². The zero-order valence-electron chi connectivity index (χ0n) is 12.9. The summed E-state index contributed by atoms with van der Waals surface area (Å²) >= 11 is 5.79. The van der Waals surface area contributed by atoms with Gasteiger partial charge in [0.25, 0.3) is 0 Å². The lowest BCUT2D eigenvalue weighted by molar-refractivity contribution is -0.138. The number of hydrogen-bond acceptors (Lipinski definition) is 3. The van der Waals surface area contributed by atoms with E-state index in [0.29, 0.717) is 0 Å². The van der Waals surface area contributed by atoms with Crippen LogP contribution in [0.3, 0.4) is 0 Å². The second kappa shape index (κ2) is 7.04.